The van der Waals surface area contributed by atoms with Gasteiger partial charge in [0.2, 0.25) is 15.6 Å². The minimum absolute atomic E-state index is 0.0769. The zero-order valence-electron chi connectivity index (χ0n) is 15.5. The molecule has 2 aliphatic rings. The average molecular weight is 454 g/mol. The van der Waals surface area contributed by atoms with Crippen LogP contribution in [0, 0.1) is 5.82 Å². The number of aliphatic hydroxyl groups is 1. The van der Waals surface area contributed by atoms with Crippen LogP contribution < -0.4 is 14.9 Å². The van der Waals surface area contributed by atoms with Crippen molar-refractivity contribution < 1.29 is 27.5 Å². The molecule has 0 aromatic heterocycles. The van der Waals surface area contributed by atoms with Crippen LogP contribution in [0.25, 0.3) is 0 Å². The summed E-state index contributed by atoms with van der Waals surface area (Å²) in [6.07, 6.45) is -0.144. The quantitative estimate of drug-likeness (QED) is 0.607. The predicted molar refractivity (Wildman–Crippen MR) is 108 cm³/mol. The number of sulfonamides is 1. The van der Waals surface area contributed by atoms with Crippen molar-refractivity contribution in [3.05, 3.63) is 58.4 Å². The van der Waals surface area contributed by atoms with E-state index >= 15 is 0 Å². The molecule has 158 valence electrons. The zero-order chi connectivity index (χ0) is 21.7. The van der Waals surface area contributed by atoms with Crippen LogP contribution in [0.3, 0.4) is 0 Å². The second-order valence-corrected chi connectivity index (χ2v) is 9.39. The predicted octanol–water partition coefficient (Wildman–Crippen LogP) is 1.52. The zero-order valence-corrected chi connectivity index (χ0v) is 17.1. The highest BCUT2D eigenvalue weighted by Gasteiger charge is 2.51. The van der Waals surface area contributed by atoms with Crippen LogP contribution in [0.5, 0.6) is 0 Å². The molecule has 4 rings (SSSR count). The lowest BCUT2D eigenvalue weighted by Crippen LogP contribution is -2.52. The van der Waals surface area contributed by atoms with Crippen LogP contribution in [0.2, 0.25) is 5.02 Å². The summed E-state index contributed by atoms with van der Waals surface area (Å²) in [7, 11) is -3.44. The maximum atomic E-state index is 13.4. The average Bonchev–Trinajstić information content (AvgIpc) is 3.13. The largest absolute Gasteiger partial charge is 0.372 e. The SMILES string of the molecule is O=C(NCc1cc(F)cc(Cl)c1)[C@@]1(O)CCN(c2ccc3c(c2)CS(=O)(=O)N3)C1=O. The molecule has 0 aliphatic carbocycles. The first-order valence-electron chi connectivity index (χ1n) is 8.98. The van der Waals surface area contributed by atoms with Crippen molar-refractivity contribution >= 4 is 44.8 Å². The monoisotopic (exact) mass is 453 g/mol. The minimum Gasteiger partial charge on any atom is -0.372 e. The molecule has 2 aliphatic heterocycles. The number of carbonyl (C=O) groups is 2. The van der Waals surface area contributed by atoms with Crippen LogP contribution in [-0.2, 0) is 31.9 Å². The van der Waals surface area contributed by atoms with Crippen molar-refractivity contribution in [3.63, 3.8) is 0 Å². The summed E-state index contributed by atoms with van der Waals surface area (Å²) in [4.78, 5) is 26.6. The Morgan fingerprint density at radius 3 is 2.80 bits per heavy atom. The number of carbonyl (C=O) groups excluding carboxylic acids is 2. The van der Waals surface area contributed by atoms with Gasteiger partial charge in [-0.2, -0.15) is 0 Å². The Morgan fingerprint density at radius 1 is 1.30 bits per heavy atom. The lowest BCUT2D eigenvalue weighted by Gasteiger charge is -2.22. The van der Waals surface area contributed by atoms with E-state index in [1.165, 1.54) is 23.1 Å². The van der Waals surface area contributed by atoms with Crippen LogP contribution in [0.4, 0.5) is 15.8 Å². The van der Waals surface area contributed by atoms with Crippen molar-refractivity contribution in [2.24, 2.45) is 0 Å². The van der Waals surface area contributed by atoms with Crippen molar-refractivity contribution in [2.45, 2.75) is 24.3 Å². The molecule has 3 N–H and O–H groups in total. The second-order valence-electron chi connectivity index (χ2n) is 7.23. The van der Waals surface area contributed by atoms with Gasteiger partial charge in [-0.1, -0.05) is 11.6 Å². The van der Waals surface area contributed by atoms with Gasteiger partial charge < -0.3 is 15.3 Å². The number of nitrogens with zero attached hydrogens (tertiary/aromatic N) is 1. The minimum atomic E-state index is -3.44. The first-order valence-corrected chi connectivity index (χ1v) is 11.0. The summed E-state index contributed by atoms with van der Waals surface area (Å²) >= 11 is 5.78. The Balaban J connectivity index is 1.48. The fourth-order valence-corrected chi connectivity index (χ4v) is 5.08. The molecule has 8 nitrogen and oxygen atoms in total. The number of nitrogens with one attached hydrogen (secondary N) is 2. The smallest absolute Gasteiger partial charge is 0.268 e. The summed E-state index contributed by atoms with van der Waals surface area (Å²) in [6.45, 7) is -0.0399. The van der Waals surface area contributed by atoms with Gasteiger partial charge in [0.1, 0.15) is 5.82 Å². The Kier molecular flexibility index (Phi) is 4.95. The highest BCUT2D eigenvalue weighted by atomic mass is 35.5. The maximum absolute atomic E-state index is 13.4. The molecule has 2 aromatic carbocycles. The van der Waals surface area contributed by atoms with E-state index in [1.54, 1.807) is 12.1 Å². The van der Waals surface area contributed by atoms with Gasteiger partial charge in [-0.3, -0.25) is 14.3 Å². The molecule has 0 radical (unpaired) electrons. The van der Waals surface area contributed by atoms with E-state index in [0.29, 0.717) is 22.5 Å². The highest BCUT2D eigenvalue weighted by molar-refractivity contribution is 7.92. The molecule has 0 unspecified atom stereocenters. The molecule has 2 amide bonds. The number of anilines is 2. The molecule has 30 heavy (non-hydrogen) atoms. The summed E-state index contributed by atoms with van der Waals surface area (Å²) in [5, 5.41) is 13.3. The number of halogens is 2. The Morgan fingerprint density at radius 2 is 2.07 bits per heavy atom. The van der Waals surface area contributed by atoms with E-state index in [9.17, 15) is 27.5 Å². The van der Waals surface area contributed by atoms with E-state index in [0.717, 1.165) is 6.07 Å². The normalized spacial score (nSPS) is 22.0. The van der Waals surface area contributed by atoms with Crippen LogP contribution >= 0.6 is 11.6 Å². The van der Waals surface area contributed by atoms with Gasteiger partial charge >= 0.3 is 0 Å². The van der Waals surface area contributed by atoms with Gasteiger partial charge in [-0.25, -0.2) is 12.8 Å². The van der Waals surface area contributed by atoms with Gasteiger partial charge in [-0.05, 0) is 47.5 Å². The number of amides is 2. The summed E-state index contributed by atoms with van der Waals surface area (Å²) in [6, 6.07) is 8.39. The Bertz CT molecular complexity index is 1150. The van der Waals surface area contributed by atoms with Crippen LogP contribution in [-0.4, -0.2) is 37.5 Å². The van der Waals surface area contributed by atoms with Gasteiger partial charge in [0.15, 0.2) is 0 Å². The fourth-order valence-electron chi connectivity index (χ4n) is 3.58. The number of hydrogen-bond acceptors (Lipinski definition) is 5. The second kappa shape index (κ2) is 7.22. The molecule has 0 bridgehead atoms. The van der Waals surface area contributed by atoms with Crippen LogP contribution in [0.15, 0.2) is 36.4 Å². The van der Waals surface area contributed by atoms with Crippen LogP contribution in [0.1, 0.15) is 17.5 Å². The van der Waals surface area contributed by atoms with E-state index in [2.05, 4.69) is 10.0 Å². The number of rotatable bonds is 4. The van der Waals surface area contributed by atoms with Gasteiger partial charge in [0.25, 0.3) is 11.8 Å². The Labute approximate surface area is 176 Å². The van der Waals surface area contributed by atoms with E-state index < -0.39 is 33.3 Å². The van der Waals surface area contributed by atoms with Crippen molar-refractivity contribution in [1.82, 2.24) is 5.32 Å². The van der Waals surface area contributed by atoms with Gasteiger partial charge in [0.05, 0.1) is 11.4 Å². The molecule has 2 heterocycles. The summed E-state index contributed by atoms with van der Waals surface area (Å²) in [5.74, 6) is -2.49. The molecule has 1 fully saturated rings. The van der Waals surface area contributed by atoms with Crippen molar-refractivity contribution in [3.8, 4) is 0 Å². The first-order chi connectivity index (χ1) is 14.1. The molecule has 0 saturated carbocycles. The lowest BCUT2D eigenvalue weighted by atomic mass is 10.0. The molecular weight excluding hydrogens is 437 g/mol. The highest BCUT2D eigenvalue weighted by Crippen LogP contribution is 2.34. The first kappa shape index (κ1) is 20.6. The summed E-state index contributed by atoms with van der Waals surface area (Å²) in [5.41, 5.74) is -0.569. The molecule has 1 saturated heterocycles. The third kappa shape index (κ3) is 3.73. The lowest BCUT2D eigenvalue weighted by molar-refractivity contribution is -0.149. The standard InChI is InChI=1S/C19H17ClFN3O5S/c20-13-5-11(6-14(21)8-13)9-22-17(25)19(27)3-4-24(18(19)26)15-1-2-16-12(7-15)10-30(28,29)23-16/h1-2,5-8,23,27H,3-4,9-10H2,(H,22,25)/t19-/m0/s1. The van der Waals surface area contributed by atoms with Crippen molar-refractivity contribution in [1.29, 1.82) is 0 Å². The number of fused-ring (bicyclic) bond motifs is 1. The molecule has 0 spiro atoms. The maximum Gasteiger partial charge on any atom is 0.268 e. The molecule has 11 heteroatoms. The number of hydrogen-bond donors (Lipinski definition) is 3. The third-order valence-corrected chi connectivity index (χ3v) is 6.50. The molecule has 2 aromatic rings. The van der Waals surface area contributed by atoms with Gasteiger partial charge in [-0.15, -0.1) is 0 Å². The fraction of sp³-hybridized carbons (Fsp3) is 0.263. The molecular formula is C19H17ClFN3O5S. The van der Waals surface area contributed by atoms with E-state index in [1.807, 2.05) is 0 Å². The topological polar surface area (TPSA) is 116 Å². The number of benzene rings is 2. The molecule has 1 atom stereocenters. The van der Waals surface area contributed by atoms with Crippen molar-refractivity contribution in [2.75, 3.05) is 16.2 Å². The van der Waals surface area contributed by atoms with Gasteiger partial charge in [0, 0.05) is 30.2 Å². The van der Waals surface area contributed by atoms with E-state index in [-0.39, 0.29) is 30.3 Å². The summed E-state index contributed by atoms with van der Waals surface area (Å²) < 4.78 is 39.2. The van der Waals surface area contributed by atoms with E-state index in [4.69, 9.17) is 11.6 Å². The third-order valence-electron chi connectivity index (χ3n) is 5.06. The Hall–Kier alpha value is -2.69.